The van der Waals surface area contributed by atoms with Crippen LogP contribution in [0.15, 0.2) is 48.5 Å². The van der Waals surface area contributed by atoms with Crippen LogP contribution in [0.5, 0.6) is 0 Å². The van der Waals surface area contributed by atoms with E-state index in [9.17, 15) is 9.59 Å². The molecule has 0 saturated carbocycles. The van der Waals surface area contributed by atoms with Crippen molar-refractivity contribution in [2.24, 2.45) is 5.73 Å². The Kier molecular flexibility index (Phi) is 5.49. The van der Waals surface area contributed by atoms with Gasteiger partial charge < -0.3 is 15.2 Å². The molecule has 5 heteroatoms. The lowest BCUT2D eigenvalue weighted by atomic mass is 9.94. The molecule has 2 rings (SSSR count). The molecule has 2 N–H and O–H groups in total. The van der Waals surface area contributed by atoms with Gasteiger partial charge in [-0.25, -0.2) is 4.79 Å². The first-order valence-corrected chi connectivity index (χ1v) is 7.17. The van der Waals surface area contributed by atoms with Crippen molar-refractivity contribution >= 4 is 11.9 Å². The third-order valence-corrected chi connectivity index (χ3v) is 3.56. The topological polar surface area (TPSA) is 78.6 Å². The van der Waals surface area contributed by atoms with Crippen LogP contribution in [0, 0.1) is 0 Å². The summed E-state index contributed by atoms with van der Waals surface area (Å²) in [7, 11) is 2.66. The summed E-state index contributed by atoms with van der Waals surface area (Å²) in [4.78, 5) is 23.2. The average molecular weight is 313 g/mol. The molecule has 2 aromatic rings. The predicted molar refractivity (Wildman–Crippen MR) is 86.9 cm³/mol. The number of nitrogens with two attached hydrogens (primary N) is 1. The number of esters is 2. The maximum absolute atomic E-state index is 11.7. The Morgan fingerprint density at radius 1 is 1.04 bits per heavy atom. The fourth-order valence-electron chi connectivity index (χ4n) is 2.38. The summed E-state index contributed by atoms with van der Waals surface area (Å²) in [6.45, 7) is 0. The van der Waals surface area contributed by atoms with Crippen molar-refractivity contribution in [1.29, 1.82) is 0 Å². The van der Waals surface area contributed by atoms with E-state index in [4.69, 9.17) is 10.5 Å². The van der Waals surface area contributed by atoms with Crippen LogP contribution in [0.3, 0.4) is 0 Å². The largest absolute Gasteiger partial charge is 0.468 e. The highest BCUT2D eigenvalue weighted by Crippen LogP contribution is 2.25. The van der Waals surface area contributed by atoms with Gasteiger partial charge in [-0.05, 0) is 35.2 Å². The SMILES string of the molecule is COC(=O)c1cccc(-c2ccccc2CC(N)C(=O)OC)c1. The summed E-state index contributed by atoms with van der Waals surface area (Å²) < 4.78 is 9.42. The van der Waals surface area contributed by atoms with E-state index in [0.717, 1.165) is 16.7 Å². The third-order valence-electron chi connectivity index (χ3n) is 3.56. The summed E-state index contributed by atoms with van der Waals surface area (Å²) in [5.41, 5.74) is 9.01. The molecule has 0 bridgehead atoms. The van der Waals surface area contributed by atoms with Gasteiger partial charge in [0.2, 0.25) is 0 Å². The highest BCUT2D eigenvalue weighted by atomic mass is 16.5. The van der Waals surface area contributed by atoms with Crippen molar-refractivity contribution < 1.29 is 19.1 Å². The van der Waals surface area contributed by atoms with E-state index >= 15 is 0 Å². The van der Waals surface area contributed by atoms with Gasteiger partial charge >= 0.3 is 11.9 Å². The standard InChI is InChI=1S/C18H19NO4/c1-22-17(20)14-8-5-7-12(10-14)15-9-4-3-6-13(15)11-16(19)18(21)23-2/h3-10,16H,11,19H2,1-2H3. The van der Waals surface area contributed by atoms with Crippen molar-refractivity contribution in [3.8, 4) is 11.1 Å². The molecule has 120 valence electrons. The maximum atomic E-state index is 11.7. The maximum Gasteiger partial charge on any atom is 0.337 e. The second-order valence-corrected chi connectivity index (χ2v) is 5.06. The zero-order valence-electron chi connectivity index (χ0n) is 13.1. The molecule has 0 fully saturated rings. The summed E-state index contributed by atoms with van der Waals surface area (Å²) in [6.07, 6.45) is 0.352. The van der Waals surface area contributed by atoms with Gasteiger partial charge in [0.15, 0.2) is 0 Å². The molecule has 5 nitrogen and oxygen atoms in total. The Balaban J connectivity index is 2.37. The number of ether oxygens (including phenoxy) is 2. The van der Waals surface area contributed by atoms with Gasteiger partial charge in [0.25, 0.3) is 0 Å². The monoisotopic (exact) mass is 313 g/mol. The molecule has 0 amide bonds. The molecular weight excluding hydrogens is 294 g/mol. The summed E-state index contributed by atoms with van der Waals surface area (Å²) in [5, 5.41) is 0. The van der Waals surface area contributed by atoms with Crippen molar-refractivity contribution in [3.05, 3.63) is 59.7 Å². The van der Waals surface area contributed by atoms with Gasteiger partial charge in [0.05, 0.1) is 19.8 Å². The minimum atomic E-state index is -0.732. The van der Waals surface area contributed by atoms with E-state index in [0.29, 0.717) is 12.0 Å². The van der Waals surface area contributed by atoms with Gasteiger partial charge in [0.1, 0.15) is 6.04 Å². The number of hydrogen-bond acceptors (Lipinski definition) is 5. The molecule has 0 aromatic heterocycles. The molecule has 0 radical (unpaired) electrons. The van der Waals surface area contributed by atoms with Gasteiger partial charge in [0, 0.05) is 0 Å². The molecule has 0 aliphatic rings. The molecule has 0 spiro atoms. The van der Waals surface area contributed by atoms with E-state index in [-0.39, 0.29) is 0 Å². The lowest BCUT2D eigenvalue weighted by molar-refractivity contribution is -0.142. The zero-order valence-corrected chi connectivity index (χ0v) is 13.1. The van der Waals surface area contributed by atoms with E-state index in [1.54, 1.807) is 18.2 Å². The second kappa shape index (κ2) is 7.56. The summed E-state index contributed by atoms with van der Waals surface area (Å²) >= 11 is 0. The molecule has 1 atom stereocenters. The third kappa shape index (κ3) is 3.96. The normalized spacial score (nSPS) is 11.6. The van der Waals surface area contributed by atoms with Crippen LogP contribution < -0.4 is 5.73 Å². The fourth-order valence-corrected chi connectivity index (χ4v) is 2.38. The molecule has 0 aliphatic heterocycles. The Hall–Kier alpha value is -2.66. The molecule has 0 saturated heterocycles. The van der Waals surface area contributed by atoms with E-state index in [1.807, 2.05) is 30.3 Å². The predicted octanol–water partition coefficient (Wildman–Crippen LogP) is 2.18. The first kappa shape index (κ1) is 16.7. The lowest BCUT2D eigenvalue weighted by Gasteiger charge is -2.14. The summed E-state index contributed by atoms with van der Waals surface area (Å²) in [5.74, 6) is -0.848. The van der Waals surface area contributed by atoms with Crippen molar-refractivity contribution in [2.75, 3.05) is 14.2 Å². The van der Waals surface area contributed by atoms with Gasteiger partial charge in [-0.3, -0.25) is 4.79 Å². The quantitative estimate of drug-likeness (QED) is 0.856. The number of hydrogen-bond donors (Lipinski definition) is 1. The Labute approximate surface area is 135 Å². The minimum Gasteiger partial charge on any atom is -0.468 e. The number of carbonyl (C=O) groups excluding carboxylic acids is 2. The van der Waals surface area contributed by atoms with Crippen LogP contribution >= 0.6 is 0 Å². The number of benzene rings is 2. The van der Waals surface area contributed by atoms with Crippen LogP contribution in [0.2, 0.25) is 0 Å². The molecule has 23 heavy (non-hydrogen) atoms. The highest BCUT2D eigenvalue weighted by molar-refractivity contribution is 5.91. The summed E-state index contributed by atoms with van der Waals surface area (Å²) in [6, 6.07) is 14.0. The van der Waals surface area contributed by atoms with E-state index in [2.05, 4.69) is 4.74 Å². The fraction of sp³-hybridized carbons (Fsp3) is 0.222. The number of rotatable bonds is 5. The van der Waals surface area contributed by atoms with Crippen LogP contribution in [0.25, 0.3) is 11.1 Å². The highest BCUT2D eigenvalue weighted by Gasteiger charge is 2.17. The second-order valence-electron chi connectivity index (χ2n) is 5.06. The van der Waals surface area contributed by atoms with E-state index in [1.165, 1.54) is 14.2 Å². The Morgan fingerprint density at radius 2 is 1.78 bits per heavy atom. The van der Waals surface area contributed by atoms with Crippen molar-refractivity contribution in [2.45, 2.75) is 12.5 Å². The molecular formula is C18H19NO4. The van der Waals surface area contributed by atoms with Gasteiger partial charge in [-0.1, -0.05) is 36.4 Å². The van der Waals surface area contributed by atoms with Crippen molar-refractivity contribution in [1.82, 2.24) is 0 Å². The first-order chi connectivity index (χ1) is 11.1. The Morgan fingerprint density at radius 3 is 2.48 bits per heavy atom. The van der Waals surface area contributed by atoms with Crippen LogP contribution in [0.1, 0.15) is 15.9 Å². The average Bonchev–Trinajstić information content (AvgIpc) is 2.60. The zero-order chi connectivity index (χ0) is 16.8. The van der Waals surface area contributed by atoms with Crippen LogP contribution in [0.4, 0.5) is 0 Å². The smallest absolute Gasteiger partial charge is 0.337 e. The van der Waals surface area contributed by atoms with Gasteiger partial charge in [-0.2, -0.15) is 0 Å². The molecule has 2 aromatic carbocycles. The first-order valence-electron chi connectivity index (χ1n) is 7.17. The number of methoxy groups -OCH3 is 2. The molecule has 0 heterocycles. The van der Waals surface area contributed by atoms with Crippen LogP contribution in [-0.4, -0.2) is 32.2 Å². The Bertz CT molecular complexity index is 712. The molecule has 1 unspecified atom stereocenters. The minimum absolute atomic E-state index is 0.352. The lowest BCUT2D eigenvalue weighted by Crippen LogP contribution is -2.33. The van der Waals surface area contributed by atoms with E-state index < -0.39 is 18.0 Å². The number of carbonyl (C=O) groups is 2. The van der Waals surface area contributed by atoms with Crippen molar-refractivity contribution in [3.63, 3.8) is 0 Å². The van der Waals surface area contributed by atoms with Crippen LogP contribution in [-0.2, 0) is 20.7 Å². The van der Waals surface area contributed by atoms with Gasteiger partial charge in [-0.15, -0.1) is 0 Å². The molecule has 0 aliphatic carbocycles.